The summed E-state index contributed by atoms with van der Waals surface area (Å²) in [6.07, 6.45) is 1.19. The van der Waals surface area contributed by atoms with Gasteiger partial charge in [0, 0.05) is 19.1 Å². The van der Waals surface area contributed by atoms with Gasteiger partial charge in [-0.2, -0.15) is 0 Å². The van der Waals surface area contributed by atoms with Gasteiger partial charge in [-0.05, 0) is 55.0 Å². The molecule has 4 nitrogen and oxygen atoms in total. The first kappa shape index (κ1) is 17.5. The third-order valence-electron chi connectivity index (χ3n) is 5.00. The lowest BCUT2D eigenvalue weighted by atomic mass is 9.93. The van der Waals surface area contributed by atoms with Crippen molar-refractivity contribution in [3.63, 3.8) is 0 Å². The van der Waals surface area contributed by atoms with Crippen molar-refractivity contribution in [2.24, 2.45) is 0 Å². The van der Waals surface area contributed by atoms with Gasteiger partial charge in [-0.25, -0.2) is 4.79 Å². The molecule has 1 N–H and O–H groups in total. The van der Waals surface area contributed by atoms with Gasteiger partial charge in [0.2, 0.25) is 0 Å². The normalized spacial score (nSPS) is 20.6. The lowest BCUT2D eigenvalue weighted by Crippen LogP contribution is -2.26. The lowest BCUT2D eigenvalue weighted by molar-refractivity contribution is -0.139. The van der Waals surface area contributed by atoms with Crippen LogP contribution >= 0.6 is 0 Å². The largest absolute Gasteiger partial charge is 0.482 e. The Morgan fingerprint density at radius 1 is 1.20 bits per heavy atom. The van der Waals surface area contributed by atoms with Gasteiger partial charge in [0.1, 0.15) is 5.75 Å². The first-order valence-electron chi connectivity index (χ1n) is 8.76. The van der Waals surface area contributed by atoms with E-state index in [9.17, 15) is 4.79 Å². The van der Waals surface area contributed by atoms with Crippen LogP contribution in [0.4, 0.5) is 0 Å². The van der Waals surface area contributed by atoms with Crippen LogP contribution in [0.15, 0.2) is 48.5 Å². The summed E-state index contributed by atoms with van der Waals surface area (Å²) in [5.41, 5.74) is 4.07. The standard InChI is InChI=1S/C21H25NO3/c1-15-5-3-4-6-20(15)18-11-16(2)22(13-18)12-17-7-9-19(10-8-17)25-14-21(23)24/h3-10,16,18H,11-14H2,1-2H3,(H,23,24). The molecular weight excluding hydrogens is 314 g/mol. The quantitative estimate of drug-likeness (QED) is 0.869. The van der Waals surface area contributed by atoms with E-state index < -0.39 is 5.97 Å². The van der Waals surface area contributed by atoms with Crippen molar-refractivity contribution < 1.29 is 14.6 Å². The molecular formula is C21H25NO3. The topological polar surface area (TPSA) is 49.8 Å². The van der Waals surface area contributed by atoms with Crippen LogP contribution in [0.3, 0.4) is 0 Å². The number of hydrogen-bond donors (Lipinski definition) is 1. The van der Waals surface area contributed by atoms with E-state index in [0.29, 0.717) is 17.7 Å². The third-order valence-corrected chi connectivity index (χ3v) is 5.00. The fourth-order valence-electron chi connectivity index (χ4n) is 3.66. The number of likely N-dealkylation sites (tertiary alicyclic amines) is 1. The van der Waals surface area contributed by atoms with Crippen LogP contribution in [0, 0.1) is 6.92 Å². The second kappa shape index (κ2) is 7.70. The molecule has 25 heavy (non-hydrogen) atoms. The number of hydrogen-bond acceptors (Lipinski definition) is 3. The molecule has 0 aromatic heterocycles. The van der Waals surface area contributed by atoms with Gasteiger partial charge in [-0.15, -0.1) is 0 Å². The van der Waals surface area contributed by atoms with Crippen molar-refractivity contribution in [1.29, 1.82) is 0 Å². The molecule has 2 aromatic carbocycles. The number of benzene rings is 2. The van der Waals surface area contributed by atoms with Gasteiger partial charge in [0.15, 0.2) is 6.61 Å². The van der Waals surface area contributed by atoms with Crippen LogP contribution in [0.25, 0.3) is 0 Å². The molecule has 0 bridgehead atoms. The molecule has 0 amide bonds. The number of carboxylic acid groups (broad SMARTS) is 1. The highest BCUT2D eigenvalue weighted by molar-refractivity contribution is 5.68. The Balaban J connectivity index is 1.61. The van der Waals surface area contributed by atoms with Crippen molar-refractivity contribution in [2.75, 3.05) is 13.2 Å². The van der Waals surface area contributed by atoms with Crippen LogP contribution in [0.2, 0.25) is 0 Å². The van der Waals surface area contributed by atoms with Crippen LogP contribution < -0.4 is 4.74 Å². The molecule has 0 aliphatic carbocycles. The van der Waals surface area contributed by atoms with Crippen molar-refractivity contribution in [3.8, 4) is 5.75 Å². The summed E-state index contributed by atoms with van der Waals surface area (Å²) in [6.45, 7) is 6.16. The summed E-state index contributed by atoms with van der Waals surface area (Å²) >= 11 is 0. The number of aryl methyl sites for hydroxylation is 1. The zero-order chi connectivity index (χ0) is 17.8. The number of carboxylic acids is 1. The molecule has 2 unspecified atom stereocenters. The Hall–Kier alpha value is -2.33. The summed E-state index contributed by atoms with van der Waals surface area (Å²) in [5.74, 6) is 0.227. The Morgan fingerprint density at radius 2 is 1.92 bits per heavy atom. The van der Waals surface area contributed by atoms with E-state index in [1.165, 1.54) is 23.1 Å². The van der Waals surface area contributed by atoms with Gasteiger partial charge in [0.05, 0.1) is 0 Å². The summed E-state index contributed by atoms with van der Waals surface area (Å²) in [6, 6.07) is 17.0. The zero-order valence-electron chi connectivity index (χ0n) is 14.8. The monoisotopic (exact) mass is 339 g/mol. The van der Waals surface area contributed by atoms with Crippen molar-refractivity contribution >= 4 is 5.97 Å². The molecule has 132 valence electrons. The molecule has 1 fully saturated rings. The molecule has 0 spiro atoms. The summed E-state index contributed by atoms with van der Waals surface area (Å²) in [7, 11) is 0. The Bertz CT molecular complexity index is 726. The van der Waals surface area contributed by atoms with Gasteiger partial charge in [-0.3, -0.25) is 4.90 Å². The smallest absolute Gasteiger partial charge is 0.341 e. The maximum atomic E-state index is 10.5. The highest BCUT2D eigenvalue weighted by Gasteiger charge is 2.30. The predicted octanol–water partition coefficient (Wildman–Crippen LogP) is 3.84. The first-order valence-corrected chi connectivity index (χ1v) is 8.76. The van der Waals surface area contributed by atoms with E-state index >= 15 is 0 Å². The highest BCUT2D eigenvalue weighted by Crippen LogP contribution is 2.34. The van der Waals surface area contributed by atoms with Gasteiger partial charge >= 0.3 is 5.97 Å². The summed E-state index contributed by atoms with van der Waals surface area (Å²) in [4.78, 5) is 13.1. The minimum Gasteiger partial charge on any atom is -0.482 e. The van der Waals surface area contributed by atoms with Crippen LogP contribution in [-0.2, 0) is 11.3 Å². The average Bonchev–Trinajstić information content (AvgIpc) is 2.95. The highest BCUT2D eigenvalue weighted by atomic mass is 16.5. The SMILES string of the molecule is Cc1ccccc1C1CC(C)N(Cc2ccc(OCC(=O)O)cc2)C1. The van der Waals surface area contributed by atoms with Crippen molar-refractivity contribution in [3.05, 3.63) is 65.2 Å². The molecule has 1 aliphatic heterocycles. The third kappa shape index (κ3) is 4.40. The van der Waals surface area contributed by atoms with Crippen LogP contribution in [0.5, 0.6) is 5.75 Å². The first-order chi connectivity index (χ1) is 12.0. The van der Waals surface area contributed by atoms with E-state index in [4.69, 9.17) is 9.84 Å². The number of aliphatic carboxylic acids is 1. The molecule has 0 saturated carbocycles. The number of rotatable bonds is 6. The van der Waals surface area contributed by atoms with E-state index in [0.717, 1.165) is 13.1 Å². The van der Waals surface area contributed by atoms with Gasteiger partial charge < -0.3 is 9.84 Å². The maximum Gasteiger partial charge on any atom is 0.341 e. The van der Waals surface area contributed by atoms with E-state index in [1.54, 1.807) is 0 Å². The molecule has 1 heterocycles. The van der Waals surface area contributed by atoms with E-state index in [-0.39, 0.29) is 6.61 Å². The molecule has 4 heteroatoms. The fraction of sp³-hybridized carbons (Fsp3) is 0.381. The lowest BCUT2D eigenvalue weighted by Gasteiger charge is -2.21. The molecule has 3 rings (SSSR count). The fourth-order valence-corrected chi connectivity index (χ4v) is 3.66. The van der Waals surface area contributed by atoms with Crippen molar-refractivity contribution in [2.45, 2.75) is 38.8 Å². The van der Waals surface area contributed by atoms with Crippen molar-refractivity contribution in [1.82, 2.24) is 4.90 Å². The number of nitrogens with zero attached hydrogens (tertiary/aromatic N) is 1. The molecule has 1 aliphatic rings. The van der Waals surface area contributed by atoms with Crippen LogP contribution in [0.1, 0.15) is 36.0 Å². The van der Waals surface area contributed by atoms with Crippen LogP contribution in [-0.4, -0.2) is 35.2 Å². The molecule has 2 aromatic rings. The number of carbonyl (C=O) groups is 1. The second-order valence-corrected chi connectivity index (χ2v) is 6.89. The predicted molar refractivity (Wildman–Crippen MR) is 98.0 cm³/mol. The summed E-state index contributed by atoms with van der Waals surface area (Å²) < 4.78 is 5.19. The second-order valence-electron chi connectivity index (χ2n) is 6.89. The summed E-state index contributed by atoms with van der Waals surface area (Å²) in [5, 5.41) is 8.65. The molecule has 2 atom stereocenters. The zero-order valence-corrected chi connectivity index (χ0v) is 14.8. The molecule has 1 saturated heterocycles. The Kier molecular flexibility index (Phi) is 5.39. The maximum absolute atomic E-state index is 10.5. The van der Waals surface area contributed by atoms with E-state index in [2.05, 4.69) is 43.0 Å². The Labute approximate surface area is 149 Å². The number of ether oxygens (including phenoxy) is 1. The van der Waals surface area contributed by atoms with Gasteiger partial charge in [0.25, 0.3) is 0 Å². The Morgan fingerprint density at radius 3 is 2.60 bits per heavy atom. The molecule has 0 radical (unpaired) electrons. The average molecular weight is 339 g/mol. The minimum atomic E-state index is -0.961. The van der Waals surface area contributed by atoms with E-state index in [1.807, 2.05) is 24.3 Å². The van der Waals surface area contributed by atoms with Gasteiger partial charge in [-0.1, -0.05) is 36.4 Å². The minimum absolute atomic E-state index is 0.305.